The maximum Gasteiger partial charge on any atom is 0.121 e. The van der Waals surface area contributed by atoms with E-state index in [0.717, 1.165) is 17.9 Å². The summed E-state index contributed by atoms with van der Waals surface area (Å²) in [6, 6.07) is 8.28. The Morgan fingerprint density at radius 1 is 1.06 bits per heavy atom. The van der Waals surface area contributed by atoms with Crippen LogP contribution < -0.4 is 5.73 Å². The first-order valence-corrected chi connectivity index (χ1v) is 6.36. The lowest BCUT2D eigenvalue weighted by Crippen LogP contribution is -2.14. The molecule has 18 heavy (non-hydrogen) atoms. The Kier molecular flexibility index (Phi) is 3.58. The molecular formula is C16H21NO. The molecule has 0 spiro atoms. The normalized spacial score (nSPS) is 12.7. The van der Waals surface area contributed by atoms with Gasteiger partial charge >= 0.3 is 0 Å². The third-order valence-electron chi connectivity index (χ3n) is 3.39. The third kappa shape index (κ3) is 2.65. The fourth-order valence-electron chi connectivity index (χ4n) is 2.51. The Bertz CT molecular complexity index is 531. The summed E-state index contributed by atoms with van der Waals surface area (Å²) in [5.41, 5.74) is 11.5. The highest BCUT2D eigenvalue weighted by atomic mass is 16.3. The van der Waals surface area contributed by atoms with E-state index >= 15 is 0 Å². The average Bonchev–Trinajstić information content (AvgIpc) is 2.70. The molecule has 2 N–H and O–H groups in total. The third-order valence-corrected chi connectivity index (χ3v) is 3.39. The number of nitrogens with two attached hydrogens (primary N) is 1. The molecule has 1 aromatic heterocycles. The molecule has 0 radical (unpaired) electrons. The molecule has 2 heteroatoms. The molecule has 96 valence electrons. The summed E-state index contributed by atoms with van der Waals surface area (Å²) in [5.74, 6) is 1.78. The van der Waals surface area contributed by atoms with E-state index in [0.29, 0.717) is 0 Å². The van der Waals surface area contributed by atoms with Gasteiger partial charge in [0.1, 0.15) is 11.5 Å². The zero-order chi connectivity index (χ0) is 13.3. The number of aryl methyl sites for hydroxylation is 4. The van der Waals surface area contributed by atoms with Crippen LogP contribution in [0.1, 0.15) is 39.8 Å². The van der Waals surface area contributed by atoms with Crippen LogP contribution >= 0.6 is 0 Å². The quantitative estimate of drug-likeness (QED) is 0.891. The molecule has 0 aliphatic heterocycles. The predicted octanol–water partition coefficient (Wildman–Crippen LogP) is 3.76. The molecule has 0 aliphatic rings. The summed E-state index contributed by atoms with van der Waals surface area (Å²) in [4.78, 5) is 0. The van der Waals surface area contributed by atoms with Crippen molar-refractivity contribution in [3.8, 4) is 0 Å². The molecule has 1 unspecified atom stereocenters. The van der Waals surface area contributed by atoms with Gasteiger partial charge in [-0.05, 0) is 62.9 Å². The van der Waals surface area contributed by atoms with Crippen molar-refractivity contribution in [2.45, 2.75) is 40.2 Å². The lowest BCUT2D eigenvalue weighted by atomic mass is 9.94. The lowest BCUT2D eigenvalue weighted by Gasteiger charge is -2.15. The van der Waals surface area contributed by atoms with E-state index in [1.54, 1.807) is 0 Å². The van der Waals surface area contributed by atoms with Crippen LogP contribution in [0.3, 0.4) is 0 Å². The van der Waals surface area contributed by atoms with E-state index < -0.39 is 0 Å². The highest BCUT2D eigenvalue weighted by Crippen LogP contribution is 2.23. The largest absolute Gasteiger partial charge is 0.465 e. The maximum absolute atomic E-state index is 6.22. The van der Waals surface area contributed by atoms with Gasteiger partial charge < -0.3 is 10.2 Å². The molecule has 0 saturated carbocycles. The topological polar surface area (TPSA) is 39.2 Å². The van der Waals surface area contributed by atoms with Gasteiger partial charge in [-0.25, -0.2) is 0 Å². The predicted molar refractivity (Wildman–Crippen MR) is 74.7 cm³/mol. The van der Waals surface area contributed by atoms with Crippen LogP contribution in [0.2, 0.25) is 0 Å². The van der Waals surface area contributed by atoms with Crippen LogP contribution in [-0.4, -0.2) is 0 Å². The second-order valence-electron chi connectivity index (χ2n) is 5.14. The van der Waals surface area contributed by atoms with E-state index in [2.05, 4.69) is 32.9 Å². The standard InChI is InChI=1S/C16H21NO/c1-10-7-11(2)14(12(3)8-10)9-15(17)16-6-5-13(4)18-16/h5-8,15H,9,17H2,1-4H3. The van der Waals surface area contributed by atoms with Crippen molar-refractivity contribution in [1.29, 1.82) is 0 Å². The number of hydrogen-bond donors (Lipinski definition) is 1. The van der Waals surface area contributed by atoms with Crippen molar-refractivity contribution in [2.24, 2.45) is 5.73 Å². The van der Waals surface area contributed by atoms with Crippen molar-refractivity contribution in [1.82, 2.24) is 0 Å². The number of rotatable bonds is 3. The van der Waals surface area contributed by atoms with Gasteiger partial charge in [0.2, 0.25) is 0 Å². The molecule has 1 heterocycles. The highest BCUT2D eigenvalue weighted by Gasteiger charge is 2.14. The van der Waals surface area contributed by atoms with Crippen molar-refractivity contribution in [3.63, 3.8) is 0 Å². The second-order valence-corrected chi connectivity index (χ2v) is 5.14. The number of hydrogen-bond acceptors (Lipinski definition) is 2. The molecule has 2 rings (SSSR count). The summed E-state index contributed by atoms with van der Waals surface area (Å²) in [5, 5.41) is 0. The number of benzene rings is 1. The molecule has 1 aromatic carbocycles. The molecule has 0 saturated heterocycles. The van der Waals surface area contributed by atoms with Gasteiger partial charge in [-0.1, -0.05) is 17.7 Å². The van der Waals surface area contributed by atoms with Gasteiger partial charge in [0.15, 0.2) is 0 Å². The van der Waals surface area contributed by atoms with Gasteiger partial charge in [0.25, 0.3) is 0 Å². The van der Waals surface area contributed by atoms with Crippen LogP contribution in [0.15, 0.2) is 28.7 Å². The van der Waals surface area contributed by atoms with Crippen LogP contribution in [0.4, 0.5) is 0 Å². The molecule has 0 amide bonds. The van der Waals surface area contributed by atoms with Crippen LogP contribution in [0.25, 0.3) is 0 Å². The smallest absolute Gasteiger partial charge is 0.121 e. The van der Waals surface area contributed by atoms with Crippen molar-refractivity contribution in [2.75, 3.05) is 0 Å². The first-order chi connectivity index (χ1) is 8.47. The Morgan fingerprint density at radius 2 is 1.67 bits per heavy atom. The van der Waals surface area contributed by atoms with Crippen molar-refractivity contribution >= 4 is 0 Å². The molecule has 1 atom stereocenters. The Labute approximate surface area is 109 Å². The van der Waals surface area contributed by atoms with Crippen LogP contribution in [-0.2, 0) is 6.42 Å². The fourth-order valence-corrected chi connectivity index (χ4v) is 2.51. The Hall–Kier alpha value is -1.54. The first-order valence-electron chi connectivity index (χ1n) is 6.36. The second kappa shape index (κ2) is 4.99. The minimum Gasteiger partial charge on any atom is -0.465 e. The summed E-state index contributed by atoms with van der Waals surface area (Å²) in [7, 11) is 0. The molecule has 0 bridgehead atoms. The molecule has 2 aromatic rings. The molecular weight excluding hydrogens is 222 g/mol. The Morgan fingerprint density at radius 3 is 2.17 bits per heavy atom. The first kappa shape index (κ1) is 12.9. The fraction of sp³-hybridized carbons (Fsp3) is 0.375. The van der Waals surface area contributed by atoms with E-state index in [9.17, 15) is 0 Å². The number of furan rings is 1. The van der Waals surface area contributed by atoms with Crippen molar-refractivity contribution < 1.29 is 4.42 Å². The molecule has 0 fully saturated rings. The van der Waals surface area contributed by atoms with Gasteiger partial charge in [-0.2, -0.15) is 0 Å². The maximum atomic E-state index is 6.22. The minimum absolute atomic E-state index is 0.0705. The SMILES string of the molecule is Cc1cc(C)c(CC(N)c2ccc(C)o2)c(C)c1. The van der Waals surface area contributed by atoms with E-state index in [-0.39, 0.29) is 6.04 Å². The minimum atomic E-state index is -0.0705. The zero-order valence-corrected chi connectivity index (χ0v) is 11.6. The monoisotopic (exact) mass is 243 g/mol. The summed E-state index contributed by atoms with van der Waals surface area (Å²) < 4.78 is 5.60. The van der Waals surface area contributed by atoms with Crippen LogP contribution in [0, 0.1) is 27.7 Å². The summed E-state index contributed by atoms with van der Waals surface area (Å²) >= 11 is 0. The van der Waals surface area contributed by atoms with Crippen molar-refractivity contribution in [3.05, 3.63) is 58.0 Å². The van der Waals surface area contributed by atoms with Gasteiger partial charge in [0.05, 0.1) is 6.04 Å². The molecule has 2 nitrogen and oxygen atoms in total. The lowest BCUT2D eigenvalue weighted by molar-refractivity contribution is 0.444. The molecule has 0 aliphatic carbocycles. The van der Waals surface area contributed by atoms with Gasteiger partial charge in [-0.15, -0.1) is 0 Å². The van der Waals surface area contributed by atoms with E-state index in [4.69, 9.17) is 10.2 Å². The highest BCUT2D eigenvalue weighted by molar-refractivity contribution is 5.38. The average molecular weight is 243 g/mol. The summed E-state index contributed by atoms with van der Waals surface area (Å²) in [6.07, 6.45) is 0.824. The van der Waals surface area contributed by atoms with Gasteiger partial charge in [-0.3, -0.25) is 0 Å². The van der Waals surface area contributed by atoms with Gasteiger partial charge in [0, 0.05) is 0 Å². The van der Waals surface area contributed by atoms with E-state index in [1.165, 1.54) is 22.3 Å². The summed E-state index contributed by atoms with van der Waals surface area (Å²) in [6.45, 7) is 8.36. The Balaban J connectivity index is 2.24. The zero-order valence-electron chi connectivity index (χ0n) is 11.6. The van der Waals surface area contributed by atoms with E-state index in [1.807, 2.05) is 19.1 Å². The van der Waals surface area contributed by atoms with Crippen LogP contribution in [0.5, 0.6) is 0 Å².